The molecule has 2 heterocycles. The number of aromatic nitrogens is 1. The molecule has 0 radical (unpaired) electrons. The standard InChI is InChI=1S/C10H12N2OS/c13-6-9-4-11-10(14-9)12-2-1-7-3-8(7)5-12/h4,6-8H,1-3,5H2. The minimum atomic E-state index is 0.734. The second-order valence-electron chi connectivity index (χ2n) is 4.15. The molecule has 1 aromatic rings. The van der Waals surface area contributed by atoms with Crippen molar-refractivity contribution >= 4 is 22.8 Å². The lowest BCUT2D eigenvalue weighted by molar-refractivity contribution is 0.112. The summed E-state index contributed by atoms with van der Waals surface area (Å²) in [6, 6.07) is 0. The number of piperidine rings is 1. The normalized spacial score (nSPS) is 29.9. The van der Waals surface area contributed by atoms with Gasteiger partial charge in [-0.2, -0.15) is 0 Å². The number of anilines is 1. The van der Waals surface area contributed by atoms with Gasteiger partial charge in [0, 0.05) is 13.1 Å². The Balaban J connectivity index is 1.77. The third-order valence-electron chi connectivity index (χ3n) is 3.19. The Bertz CT molecular complexity index is 363. The maximum absolute atomic E-state index is 10.5. The summed E-state index contributed by atoms with van der Waals surface area (Å²) in [6.45, 7) is 2.27. The minimum Gasteiger partial charge on any atom is -0.348 e. The van der Waals surface area contributed by atoms with Crippen molar-refractivity contribution in [1.29, 1.82) is 0 Å². The number of fused-ring (bicyclic) bond motifs is 1. The van der Waals surface area contributed by atoms with E-state index in [0.717, 1.165) is 41.2 Å². The van der Waals surface area contributed by atoms with Gasteiger partial charge in [0.25, 0.3) is 0 Å². The van der Waals surface area contributed by atoms with Gasteiger partial charge in [-0.05, 0) is 24.7 Å². The van der Waals surface area contributed by atoms with Gasteiger partial charge in [-0.15, -0.1) is 0 Å². The molecule has 0 bridgehead atoms. The van der Waals surface area contributed by atoms with Gasteiger partial charge in [0.05, 0.1) is 11.1 Å². The van der Waals surface area contributed by atoms with Gasteiger partial charge < -0.3 is 4.90 Å². The highest BCUT2D eigenvalue weighted by molar-refractivity contribution is 7.17. The van der Waals surface area contributed by atoms with Crippen LogP contribution in [0.5, 0.6) is 0 Å². The number of thiazole rings is 1. The molecule has 14 heavy (non-hydrogen) atoms. The van der Waals surface area contributed by atoms with E-state index in [1.165, 1.54) is 24.2 Å². The number of hydrogen-bond donors (Lipinski definition) is 0. The first kappa shape index (κ1) is 8.41. The van der Waals surface area contributed by atoms with Gasteiger partial charge in [-0.1, -0.05) is 11.3 Å². The molecule has 1 aliphatic carbocycles. The Morgan fingerprint density at radius 2 is 2.50 bits per heavy atom. The molecule has 3 nitrogen and oxygen atoms in total. The van der Waals surface area contributed by atoms with E-state index in [9.17, 15) is 4.79 Å². The van der Waals surface area contributed by atoms with Gasteiger partial charge in [0.2, 0.25) is 0 Å². The molecular formula is C10H12N2OS. The molecule has 4 heteroatoms. The third-order valence-corrected chi connectivity index (χ3v) is 4.18. The highest BCUT2D eigenvalue weighted by Crippen LogP contribution is 2.46. The first-order valence-electron chi connectivity index (χ1n) is 5.03. The summed E-state index contributed by atoms with van der Waals surface area (Å²) in [6.07, 6.45) is 5.26. The zero-order valence-electron chi connectivity index (χ0n) is 7.85. The first-order valence-corrected chi connectivity index (χ1v) is 5.84. The van der Waals surface area contributed by atoms with Crippen molar-refractivity contribution in [3.63, 3.8) is 0 Å². The van der Waals surface area contributed by atoms with Crippen LogP contribution in [0.1, 0.15) is 22.5 Å². The van der Waals surface area contributed by atoms with Crippen molar-refractivity contribution < 1.29 is 4.79 Å². The van der Waals surface area contributed by atoms with E-state index in [2.05, 4.69) is 9.88 Å². The summed E-state index contributed by atoms with van der Waals surface area (Å²) in [5.74, 6) is 1.91. The van der Waals surface area contributed by atoms with Crippen LogP contribution in [-0.2, 0) is 0 Å². The summed E-state index contributed by atoms with van der Waals surface area (Å²) in [5, 5.41) is 1.03. The van der Waals surface area contributed by atoms with Crippen LogP contribution in [0.15, 0.2) is 6.20 Å². The number of carbonyl (C=O) groups excluding carboxylic acids is 1. The molecule has 1 aliphatic heterocycles. The van der Waals surface area contributed by atoms with Crippen molar-refractivity contribution in [1.82, 2.24) is 4.98 Å². The van der Waals surface area contributed by atoms with Gasteiger partial charge in [-0.3, -0.25) is 4.79 Å². The molecule has 0 N–H and O–H groups in total. The van der Waals surface area contributed by atoms with Crippen LogP contribution < -0.4 is 4.90 Å². The predicted octanol–water partition coefficient (Wildman–Crippen LogP) is 1.80. The third kappa shape index (κ3) is 1.34. The van der Waals surface area contributed by atoms with Gasteiger partial charge in [0.15, 0.2) is 11.4 Å². The van der Waals surface area contributed by atoms with Crippen molar-refractivity contribution in [2.45, 2.75) is 12.8 Å². The summed E-state index contributed by atoms with van der Waals surface area (Å²) < 4.78 is 0. The highest BCUT2D eigenvalue weighted by Gasteiger charge is 2.41. The molecule has 1 aromatic heterocycles. The van der Waals surface area contributed by atoms with E-state index in [1.807, 2.05) is 0 Å². The molecule has 1 saturated heterocycles. The summed E-state index contributed by atoms with van der Waals surface area (Å²) >= 11 is 1.51. The van der Waals surface area contributed by atoms with E-state index < -0.39 is 0 Å². The zero-order chi connectivity index (χ0) is 9.54. The smallest absolute Gasteiger partial charge is 0.185 e. The van der Waals surface area contributed by atoms with E-state index in [-0.39, 0.29) is 0 Å². The van der Waals surface area contributed by atoms with Crippen LogP contribution in [0.25, 0.3) is 0 Å². The second-order valence-corrected chi connectivity index (χ2v) is 5.19. The number of hydrogen-bond acceptors (Lipinski definition) is 4. The van der Waals surface area contributed by atoms with Crippen LogP contribution in [-0.4, -0.2) is 24.4 Å². The fourth-order valence-corrected chi connectivity index (χ4v) is 3.00. The molecule has 2 unspecified atom stereocenters. The number of carbonyl (C=O) groups is 1. The van der Waals surface area contributed by atoms with Crippen LogP contribution in [0.4, 0.5) is 5.13 Å². The molecule has 2 atom stereocenters. The topological polar surface area (TPSA) is 33.2 Å². The number of aldehydes is 1. The number of rotatable bonds is 2. The van der Waals surface area contributed by atoms with Crippen LogP contribution in [0.3, 0.4) is 0 Å². The van der Waals surface area contributed by atoms with Crippen LogP contribution >= 0.6 is 11.3 Å². The Kier molecular flexibility index (Phi) is 1.83. The molecule has 2 fully saturated rings. The fraction of sp³-hybridized carbons (Fsp3) is 0.600. The summed E-state index contributed by atoms with van der Waals surface area (Å²) in [7, 11) is 0. The predicted molar refractivity (Wildman–Crippen MR) is 55.9 cm³/mol. The molecule has 0 amide bonds. The second kappa shape index (κ2) is 3.05. The largest absolute Gasteiger partial charge is 0.348 e. The van der Waals surface area contributed by atoms with Crippen LogP contribution in [0.2, 0.25) is 0 Å². The zero-order valence-corrected chi connectivity index (χ0v) is 8.67. The Hall–Kier alpha value is -0.900. The Labute approximate surface area is 86.8 Å². The van der Waals surface area contributed by atoms with Crippen LogP contribution in [0, 0.1) is 11.8 Å². The molecule has 0 spiro atoms. The Morgan fingerprint density at radius 3 is 3.21 bits per heavy atom. The van der Waals surface area contributed by atoms with Crippen molar-refractivity contribution in [3.8, 4) is 0 Å². The average Bonchev–Trinajstić information content (AvgIpc) is 2.84. The van der Waals surface area contributed by atoms with E-state index in [0.29, 0.717) is 0 Å². The molecule has 2 aliphatic rings. The fourth-order valence-electron chi connectivity index (χ4n) is 2.23. The molecule has 3 rings (SSSR count). The van der Waals surface area contributed by atoms with Crippen molar-refractivity contribution in [3.05, 3.63) is 11.1 Å². The first-order chi connectivity index (χ1) is 6.86. The SMILES string of the molecule is O=Cc1cnc(N2CCC3CC3C2)s1. The lowest BCUT2D eigenvalue weighted by Gasteiger charge is -2.25. The van der Waals surface area contributed by atoms with E-state index in [1.54, 1.807) is 6.20 Å². The lowest BCUT2D eigenvalue weighted by Crippen LogP contribution is -2.30. The van der Waals surface area contributed by atoms with Crippen molar-refractivity contribution in [2.24, 2.45) is 11.8 Å². The van der Waals surface area contributed by atoms with Crippen molar-refractivity contribution in [2.75, 3.05) is 18.0 Å². The van der Waals surface area contributed by atoms with Gasteiger partial charge in [0.1, 0.15) is 0 Å². The van der Waals surface area contributed by atoms with E-state index in [4.69, 9.17) is 0 Å². The maximum atomic E-state index is 10.5. The molecule has 0 aromatic carbocycles. The van der Waals surface area contributed by atoms with Gasteiger partial charge in [-0.25, -0.2) is 4.98 Å². The summed E-state index contributed by atoms with van der Waals surface area (Å²) in [4.78, 5) is 17.9. The average molecular weight is 208 g/mol. The molecule has 1 saturated carbocycles. The molecule has 74 valence electrons. The highest BCUT2D eigenvalue weighted by atomic mass is 32.1. The lowest BCUT2D eigenvalue weighted by atomic mass is 10.1. The quantitative estimate of drug-likeness (QED) is 0.695. The molecular weight excluding hydrogens is 196 g/mol. The maximum Gasteiger partial charge on any atom is 0.185 e. The number of nitrogens with zero attached hydrogens (tertiary/aromatic N) is 2. The van der Waals surface area contributed by atoms with E-state index >= 15 is 0 Å². The monoisotopic (exact) mass is 208 g/mol. The Morgan fingerprint density at radius 1 is 1.57 bits per heavy atom. The van der Waals surface area contributed by atoms with Gasteiger partial charge >= 0.3 is 0 Å². The minimum absolute atomic E-state index is 0.734. The summed E-state index contributed by atoms with van der Waals surface area (Å²) in [5.41, 5.74) is 0.